The molecule has 0 amide bonds. The van der Waals surface area contributed by atoms with Gasteiger partial charge in [0.15, 0.2) is 5.69 Å². The van der Waals surface area contributed by atoms with Crippen LogP contribution in [0.5, 0.6) is 0 Å². The van der Waals surface area contributed by atoms with E-state index < -0.39 is 5.97 Å². The summed E-state index contributed by atoms with van der Waals surface area (Å²) in [4.78, 5) is 20.4. The van der Waals surface area contributed by atoms with E-state index in [2.05, 4.69) is 9.98 Å². The molecule has 0 bridgehead atoms. The summed E-state index contributed by atoms with van der Waals surface area (Å²) in [6.45, 7) is 2.54. The first-order chi connectivity index (χ1) is 9.31. The molecule has 2 aromatic rings. The highest BCUT2D eigenvalue weighted by Crippen LogP contribution is 2.22. The van der Waals surface area contributed by atoms with Gasteiger partial charge in [0.05, 0.1) is 24.5 Å². The van der Waals surface area contributed by atoms with Crippen molar-refractivity contribution in [2.45, 2.75) is 13.5 Å². The molecule has 96 valence electrons. The number of rotatable bonds is 2. The van der Waals surface area contributed by atoms with Crippen LogP contribution >= 0.6 is 0 Å². The maximum Gasteiger partial charge on any atom is 0.358 e. The number of nitrogens with zero attached hydrogens (tertiary/aromatic N) is 3. The first kappa shape index (κ1) is 11.6. The Labute approximate surface area is 110 Å². The van der Waals surface area contributed by atoms with Crippen LogP contribution in [0.3, 0.4) is 0 Å². The number of hydrogen-bond donors (Lipinski definition) is 0. The molecule has 1 aromatic carbocycles. The van der Waals surface area contributed by atoms with Gasteiger partial charge in [-0.15, -0.1) is 0 Å². The quantitative estimate of drug-likeness (QED) is 0.771. The van der Waals surface area contributed by atoms with Gasteiger partial charge in [0, 0.05) is 11.8 Å². The van der Waals surface area contributed by atoms with Crippen LogP contribution < -0.4 is 0 Å². The molecule has 0 spiro atoms. The summed E-state index contributed by atoms with van der Waals surface area (Å²) < 4.78 is 6.91. The first-order valence-electron chi connectivity index (χ1n) is 6.14. The largest absolute Gasteiger partial charge is 0.461 e. The molecule has 0 saturated carbocycles. The first-order valence-corrected chi connectivity index (χ1v) is 6.14. The minimum absolute atomic E-state index is 0.338. The molecule has 0 N–H and O–H groups in total. The minimum Gasteiger partial charge on any atom is -0.461 e. The zero-order valence-electron chi connectivity index (χ0n) is 10.5. The van der Waals surface area contributed by atoms with E-state index in [0.29, 0.717) is 18.8 Å². The molecule has 1 aliphatic rings. The average Bonchev–Trinajstić information content (AvgIpc) is 2.75. The van der Waals surface area contributed by atoms with Crippen molar-refractivity contribution in [3.8, 4) is 5.69 Å². The monoisotopic (exact) mass is 255 g/mol. The molecular formula is C14H13N3O2. The highest BCUT2D eigenvalue weighted by Gasteiger charge is 2.21. The third-order valence-electron chi connectivity index (χ3n) is 3.00. The molecule has 0 unspecified atom stereocenters. The van der Waals surface area contributed by atoms with Gasteiger partial charge in [-0.3, -0.25) is 9.56 Å². The molecule has 2 heterocycles. The highest BCUT2D eigenvalue weighted by atomic mass is 16.5. The SMILES string of the molecule is CCOC(=O)c1ncn2c1CN=Cc1ccccc1-2. The number of hydrogen-bond acceptors (Lipinski definition) is 4. The van der Waals surface area contributed by atoms with Gasteiger partial charge in [0.1, 0.15) is 6.33 Å². The Kier molecular flexibility index (Phi) is 2.87. The van der Waals surface area contributed by atoms with E-state index in [4.69, 9.17) is 4.74 Å². The van der Waals surface area contributed by atoms with Crippen LogP contribution in [0, 0.1) is 0 Å². The zero-order valence-corrected chi connectivity index (χ0v) is 10.5. The van der Waals surface area contributed by atoms with Gasteiger partial charge in [0.25, 0.3) is 0 Å². The van der Waals surface area contributed by atoms with Crippen molar-refractivity contribution in [1.29, 1.82) is 0 Å². The second kappa shape index (κ2) is 4.68. The van der Waals surface area contributed by atoms with E-state index in [1.807, 2.05) is 35.0 Å². The van der Waals surface area contributed by atoms with Crippen molar-refractivity contribution < 1.29 is 9.53 Å². The lowest BCUT2D eigenvalue weighted by Gasteiger charge is -2.07. The molecule has 3 rings (SSSR count). The molecule has 19 heavy (non-hydrogen) atoms. The Morgan fingerprint density at radius 3 is 3.11 bits per heavy atom. The minimum atomic E-state index is -0.397. The Hall–Kier alpha value is -2.43. The van der Waals surface area contributed by atoms with Crippen LogP contribution in [0.4, 0.5) is 0 Å². The Balaban J connectivity index is 2.13. The van der Waals surface area contributed by atoms with Gasteiger partial charge in [0.2, 0.25) is 0 Å². The molecule has 5 nitrogen and oxygen atoms in total. The second-order valence-electron chi connectivity index (χ2n) is 4.16. The summed E-state index contributed by atoms with van der Waals surface area (Å²) >= 11 is 0. The summed E-state index contributed by atoms with van der Waals surface area (Å²) in [6, 6.07) is 7.87. The van der Waals surface area contributed by atoms with Gasteiger partial charge >= 0.3 is 5.97 Å². The Bertz CT molecular complexity index is 658. The molecule has 1 aliphatic heterocycles. The van der Waals surface area contributed by atoms with Crippen molar-refractivity contribution >= 4 is 12.2 Å². The van der Waals surface area contributed by atoms with Gasteiger partial charge in [-0.2, -0.15) is 0 Å². The van der Waals surface area contributed by atoms with E-state index in [0.717, 1.165) is 16.9 Å². The molecular weight excluding hydrogens is 242 g/mol. The Morgan fingerprint density at radius 2 is 2.26 bits per heavy atom. The van der Waals surface area contributed by atoms with Crippen LogP contribution in [0.1, 0.15) is 28.7 Å². The average molecular weight is 255 g/mol. The zero-order chi connectivity index (χ0) is 13.2. The van der Waals surface area contributed by atoms with E-state index in [1.54, 1.807) is 13.3 Å². The van der Waals surface area contributed by atoms with Crippen molar-refractivity contribution in [3.05, 3.63) is 47.5 Å². The number of para-hydroxylation sites is 1. The van der Waals surface area contributed by atoms with E-state index in [9.17, 15) is 4.79 Å². The summed E-state index contributed by atoms with van der Waals surface area (Å²) in [5.41, 5.74) is 3.09. The number of ether oxygens (including phenoxy) is 1. The number of carbonyl (C=O) groups excluding carboxylic acids is 1. The number of carbonyl (C=O) groups is 1. The fourth-order valence-corrected chi connectivity index (χ4v) is 2.15. The summed E-state index contributed by atoms with van der Waals surface area (Å²) in [5, 5.41) is 0. The van der Waals surface area contributed by atoms with Gasteiger partial charge in [-0.05, 0) is 13.0 Å². The number of aliphatic imine (C=N–C) groups is 1. The normalized spacial score (nSPS) is 12.5. The van der Waals surface area contributed by atoms with Crippen LogP contribution in [0.2, 0.25) is 0 Å². The topological polar surface area (TPSA) is 56.5 Å². The van der Waals surface area contributed by atoms with Crippen LogP contribution in [0.25, 0.3) is 5.69 Å². The molecule has 5 heteroatoms. The number of benzene rings is 1. The number of esters is 1. The third kappa shape index (κ3) is 1.93. The molecule has 0 fully saturated rings. The lowest BCUT2D eigenvalue weighted by Crippen LogP contribution is -2.09. The van der Waals surface area contributed by atoms with Gasteiger partial charge in [-0.25, -0.2) is 9.78 Å². The third-order valence-corrected chi connectivity index (χ3v) is 3.00. The van der Waals surface area contributed by atoms with Gasteiger partial charge in [-0.1, -0.05) is 18.2 Å². The molecule has 0 aliphatic carbocycles. The van der Waals surface area contributed by atoms with E-state index >= 15 is 0 Å². The predicted octanol–water partition coefficient (Wildman–Crippen LogP) is 1.98. The number of aromatic nitrogens is 2. The number of imidazole rings is 1. The van der Waals surface area contributed by atoms with Crippen molar-refractivity contribution in [2.24, 2.45) is 4.99 Å². The lowest BCUT2D eigenvalue weighted by molar-refractivity contribution is 0.0518. The van der Waals surface area contributed by atoms with E-state index in [-0.39, 0.29) is 0 Å². The molecule has 0 atom stereocenters. The smallest absolute Gasteiger partial charge is 0.358 e. The maximum absolute atomic E-state index is 11.9. The summed E-state index contributed by atoms with van der Waals surface area (Å²) in [6.07, 6.45) is 3.46. The van der Waals surface area contributed by atoms with Crippen molar-refractivity contribution in [2.75, 3.05) is 6.61 Å². The highest BCUT2D eigenvalue weighted by molar-refractivity contribution is 5.90. The fraction of sp³-hybridized carbons (Fsp3) is 0.214. The fourth-order valence-electron chi connectivity index (χ4n) is 2.15. The summed E-state index contributed by atoms with van der Waals surface area (Å²) in [7, 11) is 0. The summed E-state index contributed by atoms with van der Waals surface area (Å²) in [5.74, 6) is -0.397. The van der Waals surface area contributed by atoms with Gasteiger partial charge < -0.3 is 4.74 Å². The molecule has 0 radical (unpaired) electrons. The van der Waals surface area contributed by atoms with Crippen molar-refractivity contribution in [3.63, 3.8) is 0 Å². The number of fused-ring (bicyclic) bond motifs is 3. The van der Waals surface area contributed by atoms with Crippen LogP contribution in [0.15, 0.2) is 35.6 Å². The van der Waals surface area contributed by atoms with E-state index in [1.165, 1.54) is 0 Å². The van der Waals surface area contributed by atoms with Crippen LogP contribution in [-0.2, 0) is 11.3 Å². The molecule has 1 aromatic heterocycles. The predicted molar refractivity (Wildman–Crippen MR) is 70.8 cm³/mol. The standard InChI is InChI=1S/C14H13N3O2/c1-2-19-14(18)13-12-8-15-7-10-5-3-4-6-11(10)17(12)9-16-13/h3-7,9H,2,8H2,1H3. The lowest BCUT2D eigenvalue weighted by atomic mass is 10.2. The maximum atomic E-state index is 11.9. The Morgan fingerprint density at radius 1 is 1.42 bits per heavy atom. The van der Waals surface area contributed by atoms with Crippen LogP contribution in [-0.4, -0.2) is 28.3 Å². The molecule has 0 saturated heterocycles. The second-order valence-corrected chi connectivity index (χ2v) is 4.16. The van der Waals surface area contributed by atoms with Crippen molar-refractivity contribution in [1.82, 2.24) is 9.55 Å².